The van der Waals surface area contributed by atoms with Crippen LogP contribution in [0.5, 0.6) is 5.75 Å². The van der Waals surface area contributed by atoms with Gasteiger partial charge in [-0.15, -0.1) is 0 Å². The molecule has 0 fully saturated rings. The third kappa shape index (κ3) is 6.78. The molecule has 1 rings (SSSR count). The Hall–Kier alpha value is -0.810. The largest absolute Gasteiger partial charge is 0.491 e. The Balaban J connectivity index is 2.45. The van der Waals surface area contributed by atoms with E-state index in [0.29, 0.717) is 24.8 Å². The molecule has 0 aliphatic rings. The molecule has 0 aromatic heterocycles. The first-order valence-corrected chi connectivity index (χ1v) is 6.96. The predicted octanol–water partition coefficient (Wildman–Crippen LogP) is 2.23. The molecule has 0 aliphatic heterocycles. The normalized spacial score (nSPS) is 10.7. The predicted molar refractivity (Wildman–Crippen MR) is 76.8 cm³/mol. The van der Waals surface area contributed by atoms with Gasteiger partial charge in [0, 0.05) is 17.1 Å². The summed E-state index contributed by atoms with van der Waals surface area (Å²) < 4.78 is 10.8. The molecule has 0 bridgehead atoms. The van der Waals surface area contributed by atoms with Crippen LogP contribution in [0.4, 0.5) is 0 Å². The van der Waals surface area contributed by atoms with Crippen LogP contribution in [0.25, 0.3) is 0 Å². The lowest BCUT2D eigenvalue weighted by molar-refractivity contribution is 0.0703. The molecule has 1 aromatic rings. The van der Waals surface area contributed by atoms with E-state index in [4.69, 9.17) is 26.2 Å². The maximum Gasteiger partial charge on any atom is 0.124 e. The summed E-state index contributed by atoms with van der Waals surface area (Å²) in [6, 6.07) is 5.60. The first-order chi connectivity index (χ1) is 9.27. The van der Waals surface area contributed by atoms with Gasteiger partial charge in [-0.1, -0.05) is 18.5 Å². The molecule has 2 N–H and O–H groups in total. The fraction of sp³-hybridized carbons (Fsp3) is 0.571. The number of ether oxygens (including phenoxy) is 2. The summed E-state index contributed by atoms with van der Waals surface area (Å²) >= 11 is 6.00. The summed E-state index contributed by atoms with van der Waals surface area (Å²) in [7, 11) is 0. The maximum atomic E-state index is 8.59. The zero-order chi connectivity index (χ0) is 13.9. The van der Waals surface area contributed by atoms with Gasteiger partial charge in [0.2, 0.25) is 0 Å². The lowest BCUT2D eigenvalue weighted by Crippen LogP contribution is -2.15. The van der Waals surface area contributed by atoms with Gasteiger partial charge >= 0.3 is 0 Å². The zero-order valence-electron chi connectivity index (χ0n) is 11.3. The van der Waals surface area contributed by atoms with Crippen LogP contribution in [0.3, 0.4) is 0 Å². The number of hydrogen-bond donors (Lipinski definition) is 2. The van der Waals surface area contributed by atoms with E-state index in [0.717, 1.165) is 30.8 Å². The second kappa shape index (κ2) is 10.0. The highest BCUT2D eigenvalue weighted by molar-refractivity contribution is 6.30. The highest BCUT2D eigenvalue weighted by atomic mass is 35.5. The van der Waals surface area contributed by atoms with E-state index in [1.807, 2.05) is 18.2 Å². The number of nitrogens with one attached hydrogen (secondary N) is 1. The van der Waals surface area contributed by atoms with Crippen molar-refractivity contribution >= 4 is 11.6 Å². The molecule has 19 heavy (non-hydrogen) atoms. The van der Waals surface area contributed by atoms with Crippen molar-refractivity contribution in [1.29, 1.82) is 0 Å². The van der Waals surface area contributed by atoms with Crippen LogP contribution in [-0.2, 0) is 11.3 Å². The molecule has 0 heterocycles. The third-order valence-electron chi connectivity index (χ3n) is 2.49. The number of halogens is 1. The molecular weight excluding hydrogens is 266 g/mol. The molecule has 0 amide bonds. The molecule has 0 saturated heterocycles. The number of rotatable bonds is 10. The van der Waals surface area contributed by atoms with Gasteiger partial charge in [-0.3, -0.25) is 0 Å². The van der Waals surface area contributed by atoms with E-state index in [1.54, 1.807) is 0 Å². The van der Waals surface area contributed by atoms with Crippen molar-refractivity contribution in [2.24, 2.45) is 0 Å². The van der Waals surface area contributed by atoms with Crippen LogP contribution in [0, 0.1) is 0 Å². The van der Waals surface area contributed by atoms with E-state index in [9.17, 15) is 0 Å². The highest BCUT2D eigenvalue weighted by Gasteiger charge is 2.04. The summed E-state index contributed by atoms with van der Waals surface area (Å²) in [6.07, 6.45) is 1.09. The van der Waals surface area contributed by atoms with Gasteiger partial charge in [-0.05, 0) is 31.2 Å². The van der Waals surface area contributed by atoms with Gasteiger partial charge in [-0.25, -0.2) is 0 Å². The molecular formula is C14H22ClNO3. The fourth-order valence-corrected chi connectivity index (χ4v) is 1.80. The average molecular weight is 288 g/mol. The Kier molecular flexibility index (Phi) is 8.58. The van der Waals surface area contributed by atoms with E-state index >= 15 is 0 Å². The molecule has 0 radical (unpaired) electrons. The van der Waals surface area contributed by atoms with Gasteiger partial charge in [-0.2, -0.15) is 0 Å². The smallest absolute Gasteiger partial charge is 0.124 e. The van der Waals surface area contributed by atoms with Crippen LogP contribution in [-0.4, -0.2) is 38.1 Å². The minimum Gasteiger partial charge on any atom is -0.491 e. The monoisotopic (exact) mass is 287 g/mol. The van der Waals surface area contributed by atoms with Crippen molar-refractivity contribution in [2.45, 2.75) is 19.9 Å². The van der Waals surface area contributed by atoms with Crippen LogP contribution in [0.1, 0.15) is 18.9 Å². The summed E-state index contributed by atoms with van der Waals surface area (Å²) in [5.74, 6) is 0.820. The number of hydrogen-bond acceptors (Lipinski definition) is 4. The van der Waals surface area contributed by atoms with Crippen LogP contribution in [0.15, 0.2) is 18.2 Å². The van der Waals surface area contributed by atoms with Crippen molar-refractivity contribution in [3.8, 4) is 5.75 Å². The molecule has 0 spiro atoms. The van der Waals surface area contributed by atoms with Crippen molar-refractivity contribution in [2.75, 3.05) is 33.0 Å². The van der Waals surface area contributed by atoms with Gasteiger partial charge in [0.1, 0.15) is 12.4 Å². The molecule has 0 atom stereocenters. The lowest BCUT2D eigenvalue weighted by Gasteiger charge is -2.12. The molecule has 108 valence electrons. The summed E-state index contributed by atoms with van der Waals surface area (Å²) in [4.78, 5) is 0. The lowest BCUT2D eigenvalue weighted by atomic mass is 10.2. The van der Waals surface area contributed by atoms with Crippen molar-refractivity contribution in [3.05, 3.63) is 28.8 Å². The van der Waals surface area contributed by atoms with Crippen LogP contribution in [0.2, 0.25) is 5.02 Å². The Morgan fingerprint density at radius 3 is 2.84 bits per heavy atom. The second-order valence-electron chi connectivity index (χ2n) is 4.11. The summed E-state index contributed by atoms with van der Waals surface area (Å²) in [5.41, 5.74) is 1.04. The Morgan fingerprint density at radius 1 is 1.26 bits per heavy atom. The number of benzene rings is 1. The van der Waals surface area contributed by atoms with E-state index < -0.39 is 0 Å². The molecule has 1 aromatic carbocycles. The van der Waals surface area contributed by atoms with Gasteiger partial charge < -0.3 is 19.9 Å². The van der Waals surface area contributed by atoms with Crippen LogP contribution >= 0.6 is 11.6 Å². The average Bonchev–Trinajstić information content (AvgIpc) is 2.41. The molecule has 0 aliphatic carbocycles. The third-order valence-corrected chi connectivity index (χ3v) is 2.72. The minimum absolute atomic E-state index is 0.0349. The first kappa shape index (κ1) is 16.2. The quantitative estimate of drug-likeness (QED) is 0.648. The highest BCUT2D eigenvalue weighted by Crippen LogP contribution is 2.22. The Bertz CT molecular complexity index is 361. The standard InChI is InChI=1S/C14H22ClNO3/c1-2-5-16-11-12-10-13(15)3-4-14(12)19-9-8-18-7-6-17/h3-4,10,16-17H,2,5-9,11H2,1H3. The van der Waals surface area contributed by atoms with Crippen LogP contribution < -0.4 is 10.1 Å². The maximum absolute atomic E-state index is 8.59. The molecule has 0 unspecified atom stereocenters. The molecule has 4 nitrogen and oxygen atoms in total. The van der Waals surface area contributed by atoms with Crippen molar-refractivity contribution in [1.82, 2.24) is 5.32 Å². The number of aliphatic hydroxyl groups is 1. The SMILES string of the molecule is CCCNCc1cc(Cl)ccc1OCCOCCO. The summed E-state index contributed by atoms with van der Waals surface area (Å²) in [6.45, 7) is 5.13. The summed E-state index contributed by atoms with van der Waals surface area (Å²) in [5, 5.41) is 12.6. The number of aliphatic hydroxyl groups excluding tert-OH is 1. The van der Waals surface area contributed by atoms with E-state index in [2.05, 4.69) is 12.2 Å². The zero-order valence-corrected chi connectivity index (χ0v) is 12.1. The van der Waals surface area contributed by atoms with Gasteiger partial charge in [0.25, 0.3) is 0 Å². The topological polar surface area (TPSA) is 50.7 Å². The van der Waals surface area contributed by atoms with Gasteiger partial charge in [0.05, 0.1) is 19.8 Å². The minimum atomic E-state index is 0.0349. The van der Waals surface area contributed by atoms with E-state index in [-0.39, 0.29) is 6.61 Å². The molecule has 0 saturated carbocycles. The van der Waals surface area contributed by atoms with Crippen molar-refractivity contribution in [3.63, 3.8) is 0 Å². The Morgan fingerprint density at radius 2 is 2.11 bits per heavy atom. The van der Waals surface area contributed by atoms with Crippen molar-refractivity contribution < 1.29 is 14.6 Å². The van der Waals surface area contributed by atoms with E-state index in [1.165, 1.54) is 0 Å². The molecule has 5 heteroatoms. The fourth-order valence-electron chi connectivity index (χ4n) is 1.60. The second-order valence-corrected chi connectivity index (χ2v) is 4.55. The Labute approximate surface area is 119 Å². The van der Waals surface area contributed by atoms with Gasteiger partial charge in [0.15, 0.2) is 0 Å². The first-order valence-electron chi connectivity index (χ1n) is 6.58.